The van der Waals surface area contributed by atoms with Gasteiger partial charge in [-0.05, 0) is 30.2 Å². The first-order chi connectivity index (χ1) is 15.3. The molecule has 182 valence electrons. The summed E-state index contributed by atoms with van der Waals surface area (Å²) in [7, 11) is 0.844. The minimum absolute atomic E-state index is 0.0919. The van der Waals surface area contributed by atoms with Crippen LogP contribution in [0.2, 0.25) is 5.02 Å². The molecule has 0 radical (unpaired) electrons. The highest BCUT2D eigenvalue weighted by Crippen LogP contribution is 2.36. The molecule has 0 saturated carbocycles. The highest BCUT2D eigenvalue weighted by atomic mass is 35.5. The summed E-state index contributed by atoms with van der Waals surface area (Å²) in [5.74, 6) is 0.579. The van der Waals surface area contributed by atoms with E-state index in [0.29, 0.717) is 24.4 Å². The average Bonchev–Trinajstić information content (AvgIpc) is 3.10. The molecule has 8 nitrogen and oxygen atoms in total. The molecular formula is C20H24ClF3N4O4S. The number of hydrogen-bond donors (Lipinski definition) is 0. The number of hydrazine groups is 1. The van der Waals surface area contributed by atoms with Gasteiger partial charge in [0.25, 0.3) is 0 Å². The van der Waals surface area contributed by atoms with Crippen LogP contribution in [0.15, 0.2) is 36.5 Å². The van der Waals surface area contributed by atoms with Gasteiger partial charge in [0.05, 0.1) is 42.6 Å². The Kier molecular flexibility index (Phi) is 7.44. The first-order valence-electron chi connectivity index (χ1n) is 9.79. The lowest BCUT2D eigenvalue weighted by molar-refractivity contribution is -0.146. The number of anilines is 1. The largest absolute Gasteiger partial charge is 0.497 e. The van der Waals surface area contributed by atoms with Crippen molar-refractivity contribution in [3.63, 3.8) is 0 Å². The van der Waals surface area contributed by atoms with E-state index in [4.69, 9.17) is 21.2 Å². The molecule has 2 aromatic rings. The van der Waals surface area contributed by atoms with Gasteiger partial charge < -0.3 is 4.74 Å². The van der Waals surface area contributed by atoms with Gasteiger partial charge in [0.15, 0.2) is 5.82 Å². The Hall–Kier alpha value is -2.12. The molecule has 13 heteroatoms. The Morgan fingerprint density at radius 3 is 2.45 bits per heavy atom. The lowest BCUT2D eigenvalue weighted by Crippen LogP contribution is -2.48. The SMILES string of the molecule is COc1ccc([C@H]2C[C@H](CN(N(C)c3ncc(C(F)(F)F)cc3Cl)S(C)(=O)=O)ON2C)cc1. The van der Waals surface area contributed by atoms with Crippen molar-refractivity contribution < 1.29 is 31.2 Å². The molecule has 1 aliphatic heterocycles. The molecule has 0 aliphatic carbocycles. The normalized spacial score (nSPS) is 19.8. The van der Waals surface area contributed by atoms with Crippen molar-refractivity contribution in [3.05, 3.63) is 52.7 Å². The van der Waals surface area contributed by atoms with Gasteiger partial charge in [-0.2, -0.15) is 18.2 Å². The molecule has 0 N–H and O–H groups in total. The van der Waals surface area contributed by atoms with Gasteiger partial charge in [-0.3, -0.25) is 9.85 Å². The third-order valence-electron chi connectivity index (χ3n) is 5.27. The number of sulfonamides is 1. The predicted octanol–water partition coefficient (Wildman–Crippen LogP) is 3.75. The number of methoxy groups -OCH3 is 1. The third kappa shape index (κ3) is 5.87. The Morgan fingerprint density at radius 1 is 1.30 bits per heavy atom. The van der Waals surface area contributed by atoms with E-state index < -0.39 is 27.9 Å². The Labute approximate surface area is 195 Å². The van der Waals surface area contributed by atoms with E-state index in [2.05, 4.69) is 4.98 Å². The first kappa shape index (κ1) is 25.5. The highest BCUT2D eigenvalue weighted by molar-refractivity contribution is 7.88. The summed E-state index contributed by atoms with van der Waals surface area (Å²) in [6.45, 7) is -0.0919. The zero-order valence-corrected chi connectivity index (χ0v) is 19.9. The summed E-state index contributed by atoms with van der Waals surface area (Å²) in [6.07, 6.45) is -3.06. The second-order valence-electron chi connectivity index (χ2n) is 7.62. The standard InChI is InChI=1S/C20H24ClF3N4O4S/c1-26(19-17(21)9-14(11-25-19)20(22,23)24)28(33(4,29)30)12-16-10-18(27(2)32-16)13-5-7-15(31-3)8-6-13/h5-9,11,16,18H,10,12H2,1-4H3/t16-,18-/m1/s1. The van der Waals surface area contributed by atoms with Crippen molar-refractivity contribution in [2.75, 3.05) is 39.0 Å². The van der Waals surface area contributed by atoms with Gasteiger partial charge in [-0.15, -0.1) is 4.41 Å². The van der Waals surface area contributed by atoms with E-state index in [1.54, 1.807) is 19.2 Å². The van der Waals surface area contributed by atoms with E-state index in [1.807, 2.05) is 24.3 Å². The number of hydrogen-bond acceptors (Lipinski definition) is 7. The maximum atomic E-state index is 12.9. The van der Waals surface area contributed by atoms with Crippen LogP contribution in [0.1, 0.15) is 23.6 Å². The average molecular weight is 509 g/mol. The Bertz CT molecular complexity index is 1090. The van der Waals surface area contributed by atoms with Crippen molar-refractivity contribution in [1.82, 2.24) is 14.5 Å². The van der Waals surface area contributed by atoms with Crippen molar-refractivity contribution in [2.24, 2.45) is 0 Å². The maximum absolute atomic E-state index is 12.9. The molecule has 0 amide bonds. The Morgan fingerprint density at radius 2 is 1.94 bits per heavy atom. The van der Waals surface area contributed by atoms with Crippen molar-refractivity contribution in [1.29, 1.82) is 0 Å². The fourth-order valence-corrected chi connectivity index (χ4v) is 4.86. The van der Waals surface area contributed by atoms with Crippen LogP contribution in [0.3, 0.4) is 0 Å². The van der Waals surface area contributed by atoms with E-state index in [1.165, 1.54) is 7.05 Å². The number of benzene rings is 1. The fourth-order valence-electron chi connectivity index (χ4n) is 3.61. The molecule has 33 heavy (non-hydrogen) atoms. The number of alkyl halides is 3. The van der Waals surface area contributed by atoms with Crippen molar-refractivity contribution >= 4 is 27.4 Å². The highest BCUT2D eigenvalue weighted by Gasteiger charge is 2.37. The van der Waals surface area contributed by atoms with Crippen LogP contribution in [-0.2, 0) is 21.0 Å². The van der Waals surface area contributed by atoms with Crippen LogP contribution in [-0.4, -0.2) is 63.0 Å². The topological polar surface area (TPSA) is 75.2 Å². The second-order valence-corrected chi connectivity index (χ2v) is 9.91. The molecule has 0 unspecified atom stereocenters. The molecule has 1 fully saturated rings. The number of rotatable bonds is 7. The van der Waals surface area contributed by atoms with Crippen LogP contribution in [0, 0.1) is 0 Å². The van der Waals surface area contributed by atoms with Crippen LogP contribution in [0.5, 0.6) is 5.75 Å². The lowest BCUT2D eigenvalue weighted by atomic mass is 10.0. The van der Waals surface area contributed by atoms with Crippen LogP contribution in [0.25, 0.3) is 0 Å². The van der Waals surface area contributed by atoms with E-state index >= 15 is 0 Å². The summed E-state index contributed by atoms with van der Waals surface area (Å²) in [5.41, 5.74) is -0.0637. The maximum Gasteiger partial charge on any atom is 0.417 e. The first-order valence-corrected chi connectivity index (χ1v) is 12.0. The summed E-state index contributed by atoms with van der Waals surface area (Å²) < 4.78 is 70.0. The monoisotopic (exact) mass is 508 g/mol. The summed E-state index contributed by atoms with van der Waals surface area (Å²) >= 11 is 6.02. The second kappa shape index (κ2) is 9.63. The van der Waals surface area contributed by atoms with Gasteiger partial charge in [-0.25, -0.2) is 13.4 Å². The van der Waals surface area contributed by atoms with Crippen LogP contribution >= 0.6 is 11.6 Å². The minimum atomic E-state index is -4.62. The molecule has 0 bridgehead atoms. The number of aromatic nitrogens is 1. The zero-order chi connectivity index (χ0) is 24.6. The lowest BCUT2D eigenvalue weighted by Gasteiger charge is -2.32. The molecule has 1 aliphatic rings. The van der Waals surface area contributed by atoms with Gasteiger partial charge in [-0.1, -0.05) is 23.7 Å². The van der Waals surface area contributed by atoms with Crippen LogP contribution in [0.4, 0.5) is 19.0 Å². The summed E-state index contributed by atoms with van der Waals surface area (Å²) in [6, 6.07) is 8.04. The van der Waals surface area contributed by atoms with E-state index in [-0.39, 0.29) is 23.4 Å². The van der Waals surface area contributed by atoms with Gasteiger partial charge >= 0.3 is 6.18 Å². The van der Waals surface area contributed by atoms with Crippen molar-refractivity contribution in [3.8, 4) is 5.75 Å². The van der Waals surface area contributed by atoms with E-state index in [9.17, 15) is 21.6 Å². The predicted molar refractivity (Wildman–Crippen MR) is 117 cm³/mol. The Balaban J connectivity index is 1.80. The number of pyridine rings is 1. The number of nitrogens with zero attached hydrogens (tertiary/aromatic N) is 4. The summed E-state index contributed by atoms with van der Waals surface area (Å²) in [5, 5.41) is 2.43. The van der Waals surface area contributed by atoms with Gasteiger partial charge in [0, 0.05) is 20.3 Å². The van der Waals surface area contributed by atoms with E-state index in [0.717, 1.165) is 21.2 Å². The van der Waals surface area contributed by atoms with Gasteiger partial charge in [0.2, 0.25) is 10.0 Å². The van der Waals surface area contributed by atoms with Crippen LogP contribution < -0.4 is 9.75 Å². The molecule has 1 aromatic carbocycles. The molecular weight excluding hydrogens is 485 g/mol. The smallest absolute Gasteiger partial charge is 0.417 e. The summed E-state index contributed by atoms with van der Waals surface area (Å²) in [4.78, 5) is 9.61. The molecule has 2 atom stereocenters. The number of halogens is 4. The quantitative estimate of drug-likeness (QED) is 0.527. The van der Waals surface area contributed by atoms with Crippen molar-refractivity contribution in [2.45, 2.75) is 24.7 Å². The molecule has 1 saturated heterocycles. The fraction of sp³-hybridized carbons (Fsp3) is 0.450. The van der Waals surface area contributed by atoms with Gasteiger partial charge in [0.1, 0.15) is 5.75 Å². The minimum Gasteiger partial charge on any atom is -0.497 e. The zero-order valence-electron chi connectivity index (χ0n) is 18.4. The molecule has 1 aromatic heterocycles. The molecule has 0 spiro atoms. The third-order valence-corrected chi connectivity index (χ3v) is 6.71. The molecule has 3 rings (SSSR count). The number of hydroxylamine groups is 2. The molecule has 2 heterocycles. The number of ether oxygens (including phenoxy) is 1.